The van der Waals surface area contributed by atoms with Gasteiger partial charge in [0.1, 0.15) is 11.3 Å². The number of anilines is 1. The molecule has 2 heterocycles. The van der Waals surface area contributed by atoms with Gasteiger partial charge >= 0.3 is 0 Å². The topological polar surface area (TPSA) is 124 Å². The molecule has 36 heavy (non-hydrogen) atoms. The minimum absolute atomic E-state index is 0.00544. The van der Waals surface area contributed by atoms with Crippen LogP contribution >= 0.6 is 12.2 Å². The zero-order valence-electron chi connectivity index (χ0n) is 19.8. The average molecular weight is 525 g/mol. The van der Waals surface area contributed by atoms with Crippen LogP contribution in [-0.2, 0) is 19.6 Å². The molecule has 0 aliphatic carbocycles. The van der Waals surface area contributed by atoms with E-state index >= 15 is 0 Å². The summed E-state index contributed by atoms with van der Waals surface area (Å²) in [5.41, 5.74) is 3.37. The summed E-state index contributed by atoms with van der Waals surface area (Å²) in [5.74, 6) is -0.481. The van der Waals surface area contributed by atoms with E-state index in [4.69, 9.17) is 22.1 Å². The molecule has 1 saturated heterocycles. The number of nitrogens with one attached hydrogen (secondary N) is 1. The van der Waals surface area contributed by atoms with Crippen molar-refractivity contribution in [2.45, 2.75) is 25.7 Å². The fraction of sp³-hybridized carbons (Fsp3) is 0.160. The Morgan fingerprint density at radius 1 is 1.03 bits per heavy atom. The van der Waals surface area contributed by atoms with E-state index < -0.39 is 21.8 Å². The average Bonchev–Trinajstić information content (AvgIpc) is 3.10. The molecule has 1 aromatic heterocycles. The van der Waals surface area contributed by atoms with Gasteiger partial charge in [-0.15, -0.1) is 0 Å². The number of aryl methyl sites for hydroxylation is 1. The molecule has 9 nitrogen and oxygen atoms in total. The van der Waals surface area contributed by atoms with Crippen molar-refractivity contribution in [2.75, 3.05) is 11.5 Å². The molecule has 0 spiro atoms. The van der Waals surface area contributed by atoms with Gasteiger partial charge in [-0.1, -0.05) is 0 Å². The Morgan fingerprint density at radius 3 is 2.22 bits per heavy atom. The maximum absolute atomic E-state index is 13.4. The Kier molecular flexibility index (Phi) is 6.81. The normalized spacial score (nSPS) is 15.4. The predicted molar refractivity (Wildman–Crippen MR) is 140 cm³/mol. The van der Waals surface area contributed by atoms with Gasteiger partial charge in [-0.25, -0.2) is 13.6 Å². The third kappa shape index (κ3) is 4.81. The second-order valence-electron chi connectivity index (χ2n) is 8.09. The fourth-order valence-corrected chi connectivity index (χ4v) is 4.82. The SMILES string of the molecule is CCOc1ccc(N2C(=O)C(=Cc3cc(C)n(-c4ccc(S(N)(=O)=O)cc4)c3C)C(=O)NC2=S)cc1. The van der Waals surface area contributed by atoms with Crippen LogP contribution in [0.5, 0.6) is 5.75 Å². The van der Waals surface area contributed by atoms with Gasteiger partial charge in [0.2, 0.25) is 10.0 Å². The minimum atomic E-state index is -3.81. The number of nitrogens with zero attached hydrogens (tertiary/aromatic N) is 2. The van der Waals surface area contributed by atoms with E-state index in [9.17, 15) is 18.0 Å². The molecular weight excluding hydrogens is 500 g/mol. The molecular formula is C25H24N4O5S2. The number of benzene rings is 2. The van der Waals surface area contributed by atoms with E-state index in [0.29, 0.717) is 29.3 Å². The van der Waals surface area contributed by atoms with E-state index in [1.165, 1.54) is 23.1 Å². The maximum atomic E-state index is 13.4. The van der Waals surface area contributed by atoms with E-state index in [1.807, 2.05) is 31.4 Å². The van der Waals surface area contributed by atoms with Gasteiger partial charge < -0.3 is 9.30 Å². The number of primary sulfonamides is 1. The number of nitrogens with two attached hydrogens (primary N) is 1. The summed E-state index contributed by atoms with van der Waals surface area (Å²) in [7, 11) is -3.81. The van der Waals surface area contributed by atoms with Gasteiger partial charge in [-0.2, -0.15) is 0 Å². The maximum Gasteiger partial charge on any atom is 0.270 e. The van der Waals surface area contributed by atoms with Gasteiger partial charge in [0.05, 0.1) is 17.2 Å². The first-order valence-corrected chi connectivity index (χ1v) is 12.9. The van der Waals surface area contributed by atoms with Gasteiger partial charge in [0, 0.05) is 17.1 Å². The van der Waals surface area contributed by atoms with Crippen molar-refractivity contribution in [3.63, 3.8) is 0 Å². The Labute approximate surface area is 214 Å². The van der Waals surface area contributed by atoms with E-state index in [0.717, 1.165) is 11.4 Å². The van der Waals surface area contributed by atoms with Crippen molar-refractivity contribution < 1.29 is 22.7 Å². The van der Waals surface area contributed by atoms with Crippen molar-refractivity contribution in [1.82, 2.24) is 9.88 Å². The Bertz CT molecular complexity index is 1500. The molecule has 0 unspecified atom stereocenters. The van der Waals surface area contributed by atoms with Crippen LogP contribution in [0.1, 0.15) is 23.9 Å². The second-order valence-corrected chi connectivity index (χ2v) is 10.0. The highest BCUT2D eigenvalue weighted by Crippen LogP contribution is 2.27. The summed E-state index contributed by atoms with van der Waals surface area (Å²) in [5, 5.41) is 7.77. The first kappa shape index (κ1) is 25.3. The van der Waals surface area contributed by atoms with Crippen LogP contribution in [-0.4, -0.2) is 36.5 Å². The number of carbonyl (C=O) groups excluding carboxylic acids is 2. The largest absolute Gasteiger partial charge is 0.494 e. The third-order valence-corrected chi connectivity index (χ3v) is 6.92. The molecule has 0 radical (unpaired) electrons. The molecule has 3 aromatic rings. The zero-order valence-corrected chi connectivity index (χ0v) is 21.4. The fourth-order valence-electron chi connectivity index (χ4n) is 4.02. The zero-order chi connectivity index (χ0) is 26.2. The number of hydrogen-bond donors (Lipinski definition) is 2. The molecule has 0 saturated carbocycles. The lowest BCUT2D eigenvalue weighted by atomic mass is 10.1. The number of amides is 2. The van der Waals surface area contributed by atoms with Gasteiger partial charge in [0.15, 0.2) is 5.11 Å². The van der Waals surface area contributed by atoms with E-state index in [-0.39, 0.29) is 15.6 Å². The molecule has 1 fully saturated rings. The van der Waals surface area contributed by atoms with Crippen LogP contribution in [0.2, 0.25) is 0 Å². The first-order chi connectivity index (χ1) is 17.0. The molecule has 0 atom stereocenters. The Balaban J connectivity index is 1.70. The number of hydrogen-bond acceptors (Lipinski definition) is 6. The number of sulfonamides is 1. The van der Waals surface area contributed by atoms with Crippen molar-refractivity contribution in [3.8, 4) is 11.4 Å². The summed E-state index contributed by atoms with van der Waals surface area (Å²) < 4.78 is 30.5. The summed E-state index contributed by atoms with van der Waals surface area (Å²) in [6, 6.07) is 14.8. The van der Waals surface area contributed by atoms with Crippen LogP contribution in [0.25, 0.3) is 11.8 Å². The van der Waals surface area contributed by atoms with Gasteiger partial charge in [-0.05, 0) is 99.2 Å². The molecule has 4 rings (SSSR count). The summed E-state index contributed by atoms with van der Waals surface area (Å²) >= 11 is 5.27. The monoisotopic (exact) mass is 524 g/mol. The Hall–Kier alpha value is -3.80. The highest BCUT2D eigenvalue weighted by atomic mass is 32.2. The molecule has 186 valence electrons. The lowest BCUT2D eigenvalue weighted by Gasteiger charge is -2.29. The van der Waals surface area contributed by atoms with Crippen LogP contribution < -0.4 is 20.1 Å². The van der Waals surface area contributed by atoms with Crippen molar-refractivity contribution >= 4 is 50.9 Å². The second kappa shape index (κ2) is 9.69. The lowest BCUT2D eigenvalue weighted by Crippen LogP contribution is -2.54. The number of carbonyl (C=O) groups is 2. The standard InChI is InChI=1S/C25H24N4O5S2/c1-4-34-20-9-5-19(6-10-20)29-24(31)22(23(30)27-25(29)35)14-17-13-15(2)28(16(17)3)18-7-11-21(12-8-18)36(26,32)33/h5-14H,4H2,1-3H3,(H2,26,32,33)(H,27,30,35). The van der Waals surface area contributed by atoms with Crippen LogP contribution in [0.3, 0.4) is 0 Å². The number of rotatable bonds is 6. The highest BCUT2D eigenvalue weighted by molar-refractivity contribution is 7.89. The molecule has 2 amide bonds. The third-order valence-electron chi connectivity index (χ3n) is 5.70. The van der Waals surface area contributed by atoms with Crippen LogP contribution in [0, 0.1) is 13.8 Å². The molecule has 3 N–H and O–H groups in total. The highest BCUT2D eigenvalue weighted by Gasteiger charge is 2.34. The summed E-state index contributed by atoms with van der Waals surface area (Å²) in [6.45, 7) is 6.10. The van der Waals surface area contributed by atoms with Crippen molar-refractivity contribution in [1.29, 1.82) is 0 Å². The van der Waals surface area contributed by atoms with Gasteiger partial charge in [-0.3, -0.25) is 19.8 Å². The molecule has 1 aliphatic heterocycles. The number of ether oxygens (including phenoxy) is 1. The van der Waals surface area contributed by atoms with E-state index in [2.05, 4.69) is 5.32 Å². The molecule has 2 aromatic carbocycles. The van der Waals surface area contributed by atoms with E-state index in [1.54, 1.807) is 36.4 Å². The quantitative estimate of drug-likeness (QED) is 0.290. The lowest BCUT2D eigenvalue weighted by molar-refractivity contribution is -0.122. The van der Waals surface area contributed by atoms with Gasteiger partial charge in [0.25, 0.3) is 11.8 Å². The molecule has 11 heteroatoms. The van der Waals surface area contributed by atoms with Crippen molar-refractivity contribution in [3.05, 3.63) is 77.1 Å². The predicted octanol–water partition coefficient (Wildman–Crippen LogP) is 2.97. The number of thiocarbonyl (C=S) groups is 1. The minimum Gasteiger partial charge on any atom is -0.494 e. The molecule has 0 bridgehead atoms. The molecule has 1 aliphatic rings. The smallest absolute Gasteiger partial charge is 0.270 e. The first-order valence-electron chi connectivity index (χ1n) is 11.0. The number of aromatic nitrogens is 1. The van der Waals surface area contributed by atoms with Crippen molar-refractivity contribution in [2.24, 2.45) is 5.14 Å². The summed E-state index contributed by atoms with van der Waals surface area (Å²) in [6.07, 6.45) is 1.53. The van der Waals surface area contributed by atoms with Crippen LogP contribution in [0.4, 0.5) is 5.69 Å². The van der Waals surface area contributed by atoms with Crippen LogP contribution in [0.15, 0.2) is 65.1 Å². The Morgan fingerprint density at radius 2 is 1.64 bits per heavy atom. The summed E-state index contributed by atoms with van der Waals surface area (Å²) in [4.78, 5) is 27.4.